The van der Waals surface area contributed by atoms with E-state index in [1.165, 1.54) is 24.8 Å². The van der Waals surface area contributed by atoms with Crippen molar-refractivity contribution in [2.75, 3.05) is 0 Å². The zero-order valence-corrected chi connectivity index (χ0v) is 11.8. The monoisotopic (exact) mass is 247 g/mol. The first-order valence-corrected chi connectivity index (χ1v) is 7.12. The first-order chi connectivity index (χ1) is 8.63. The van der Waals surface area contributed by atoms with E-state index in [2.05, 4.69) is 50.4 Å². The van der Waals surface area contributed by atoms with Crippen LogP contribution in [0.4, 0.5) is 0 Å². The van der Waals surface area contributed by atoms with Gasteiger partial charge in [-0.05, 0) is 56.7 Å². The van der Waals surface area contributed by atoms with Crippen molar-refractivity contribution >= 4 is 0 Å². The van der Waals surface area contributed by atoms with Crippen LogP contribution >= 0.6 is 0 Å². The Morgan fingerprint density at radius 3 is 2.50 bits per heavy atom. The van der Waals surface area contributed by atoms with Gasteiger partial charge in [0.2, 0.25) is 0 Å². The Hall–Kier alpha value is -1.02. The second-order valence-electron chi connectivity index (χ2n) is 5.81. The van der Waals surface area contributed by atoms with Crippen molar-refractivity contribution in [3.63, 3.8) is 0 Å². The molecule has 2 heteroatoms. The summed E-state index contributed by atoms with van der Waals surface area (Å²) in [5.41, 5.74) is 1.34. The quantitative estimate of drug-likeness (QED) is 0.855. The summed E-state index contributed by atoms with van der Waals surface area (Å²) in [6.45, 7) is 7.42. The highest BCUT2D eigenvalue weighted by atomic mass is 16.5. The molecule has 100 valence electrons. The molecule has 1 saturated carbocycles. The predicted molar refractivity (Wildman–Crippen MR) is 75.8 cm³/mol. The zero-order valence-electron chi connectivity index (χ0n) is 11.8. The van der Waals surface area contributed by atoms with Crippen LogP contribution < -0.4 is 10.1 Å². The fourth-order valence-electron chi connectivity index (χ4n) is 2.61. The number of hydrogen-bond acceptors (Lipinski definition) is 2. The molecule has 0 saturated heterocycles. The van der Waals surface area contributed by atoms with Crippen molar-refractivity contribution in [1.29, 1.82) is 0 Å². The topological polar surface area (TPSA) is 21.3 Å². The molecule has 0 amide bonds. The molecule has 2 atom stereocenters. The van der Waals surface area contributed by atoms with Crippen LogP contribution in [0.5, 0.6) is 5.75 Å². The van der Waals surface area contributed by atoms with Gasteiger partial charge in [0.15, 0.2) is 0 Å². The van der Waals surface area contributed by atoms with Crippen LogP contribution in [0.2, 0.25) is 0 Å². The van der Waals surface area contributed by atoms with Crippen molar-refractivity contribution in [2.45, 2.75) is 58.7 Å². The normalized spacial score (nSPS) is 23.6. The summed E-state index contributed by atoms with van der Waals surface area (Å²) in [5, 5.41) is 3.65. The van der Waals surface area contributed by atoms with E-state index in [1.807, 2.05) is 0 Å². The highest BCUT2D eigenvalue weighted by Gasteiger charge is 2.20. The molecule has 0 aromatic heterocycles. The number of ether oxygens (including phenoxy) is 1. The molecule has 0 bridgehead atoms. The molecular formula is C16H25NO. The number of hydrogen-bond donors (Lipinski definition) is 1. The lowest BCUT2D eigenvalue weighted by atomic mass is 10.1. The van der Waals surface area contributed by atoms with Crippen LogP contribution in [0.25, 0.3) is 0 Å². The van der Waals surface area contributed by atoms with Gasteiger partial charge in [0, 0.05) is 12.6 Å². The predicted octanol–water partition coefficient (Wildman–Crippen LogP) is 3.75. The average Bonchev–Trinajstić information content (AvgIpc) is 2.74. The average molecular weight is 247 g/mol. The van der Waals surface area contributed by atoms with Crippen LogP contribution in [-0.2, 0) is 6.54 Å². The van der Waals surface area contributed by atoms with Crippen molar-refractivity contribution in [3.05, 3.63) is 29.8 Å². The van der Waals surface area contributed by atoms with Crippen LogP contribution in [0, 0.1) is 5.92 Å². The third-order valence-electron chi connectivity index (χ3n) is 3.58. The minimum atomic E-state index is 0.244. The molecule has 0 aliphatic heterocycles. The van der Waals surface area contributed by atoms with Crippen LogP contribution in [0.15, 0.2) is 24.3 Å². The Kier molecular flexibility index (Phi) is 4.65. The lowest BCUT2D eigenvalue weighted by molar-refractivity contribution is 0.242. The lowest BCUT2D eigenvalue weighted by Crippen LogP contribution is -2.25. The Morgan fingerprint density at radius 2 is 1.94 bits per heavy atom. The summed E-state index contributed by atoms with van der Waals surface area (Å²) in [5.74, 6) is 1.85. The minimum Gasteiger partial charge on any atom is -0.491 e. The minimum absolute atomic E-state index is 0.244. The maximum Gasteiger partial charge on any atom is 0.119 e. The van der Waals surface area contributed by atoms with Gasteiger partial charge in [0.1, 0.15) is 5.75 Å². The smallest absolute Gasteiger partial charge is 0.119 e. The highest BCUT2D eigenvalue weighted by Crippen LogP contribution is 2.24. The molecule has 1 aliphatic carbocycles. The molecule has 0 radical (unpaired) electrons. The fourth-order valence-corrected chi connectivity index (χ4v) is 2.61. The molecule has 2 nitrogen and oxygen atoms in total. The summed E-state index contributed by atoms with van der Waals surface area (Å²) in [6, 6.07) is 9.15. The molecule has 1 aromatic carbocycles. The van der Waals surface area contributed by atoms with E-state index in [0.29, 0.717) is 6.04 Å². The summed E-state index contributed by atoms with van der Waals surface area (Å²) in [6.07, 6.45) is 4.28. The van der Waals surface area contributed by atoms with Crippen LogP contribution in [0.3, 0.4) is 0 Å². The lowest BCUT2D eigenvalue weighted by Gasteiger charge is -2.13. The Bertz CT molecular complexity index is 358. The molecule has 1 aromatic rings. The van der Waals surface area contributed by atoms with Gasteiger partial charge < -0.3 is 10.1 Å². The van der Waals surface area contributed by atoms with Gasteiger partial charge in [0.05, 0.1) is 6.10 Å². The molecule has 2 unspecified atom stereocenters. The van der Waals surface area contributed by atoms with Crippen LogP contribution in [0.1, 0.15) is 45.6 Å². The maximum atomic E-state index is 5.64. The van der Waals surface area contributed by atoms with Gasteiger partial charge in [-0.1, -0.05) is 19.1 Å². The van der Waals surface area contributed by atoms with Crippen molar-refractivity contribution < 1.29 is 4.74 Å². The SMILES string of the molecule is CC1CCC(NCc2ccc(OC(C)C)cc2)C1. The summed E-state index contributed by atoms with van der Waals surface area (Å²) in [7, 11) is 0. The van der Waals surface area contributed by atoms with Crippen molar-refractivity contribution in [2.24, 2.45) is 5.92 Å². The first kappa shape index (κ1) is 13.4. The molecule has 1 fully saturated rings. The molecule has 0 heterocycles. The second kappa shape index (κ2) is 6.24. The molecule has 2 rings (SSSR count). The first-order valence-electron chi connectivity index (χ1n) is 7.12. The molecule has 1 N–H and O–H groups in total. The van der Waals surface area contributed by atoms with Gasteiger partial charge >= 0.3 is 0 Å². The summed E-state index contributed by atoms with van der Waals surface area (Å²) < 4.78 is 5.64. The fraction of sp³-hybridized carbons (Fsp3) is 0.625. The van der Waals surface area contributed by atoms with E-state index in [9.17, 15) is 0 Å². The third kappa shape index (κ3) is 4.02. The van der Waals surface area contributed by atoms with E-state index in [1.54, 1.807) is 0 Å². The van der Waals surface area contributed by atoms with E-state index in [0.717, 1.165) is 18.2 Å². The van der Waals surface area contributed by atoms with E-state index in [-0.39, 0.29) is 6.10 Å². The molecular weight excluding hydrogens is 222 g/mol. The Morgan fingerprint density at radius 1 is 1.22 bits per heavy atom. The van der Waals surface area contributed by atoms with Gasteiger partial charge in [-0.3, -0.25) is 0 Å². The van der Waals surface area contributed by atoms with E-state index in [4.69, 9.17) is 4.74 Å². The maximum absolute atomic E-state index is 5.64. The largest absolute Gasteiger partial charge is 0.491 e. The summed E-state index contributed by atoms with van der Waals surface area (Å²) >= 11 is 0. The van der Waals surface area contributed by atoms with Gasteiger partial charge in [-0.15, -0.1) is 0 Å². The van der Waals surface area contributed by atoms with Gasteiger partial charge in [0.25, 0.3) is 0 Å². The Balaban J connectivity index is 1.79. The van der Waals surface area contributed by atoms with E-state index >= 15 is 0 Å². The van der Waals surface area contributed by atoms with Gasteiger partial charge in [-0.2, -0.15) is 0 Å². The molecule has 18 heavy (non-hydrogen) atoms. The second-order valence-corrected chi connectivity index (χ2v) is 5.81. The number of nitrogens with one attached hydrogen (secondary N) is 1. The summed E-state index contributed by atoms with van der Waals surface area (Å²) in [4.78, 5) is 0. The molecule has 0 spiro atoms. The highest BCUT2D eigenvalue weighted by molar-refractivity contribution is 5.27. The van der Waals surface area contributed by atoms with Crippen molar-refractivity contribution in [1.82, 2.24) is 5.32 Å². The number of benzene rings is 1. The van der Waals surface area contributed by atoms with Gasteiger partial charge in [-0.25, -0.2) is 0 Å². The Labute approximate surface area is 111 Å². The standard InChI is InChI=1S/C16H25NO/c1-12(2)18-16-8-5-14(6-9-16)11-17-15-7-4-13(3)10-15/h5-6,8-9,12-13,15,17H,4,7,10-11H2,1-3H3. The number of rotatable bonds is 5. The molecule has 1 aliphatic rings. The van der Waals surface area contributed by atoms with Crippen molar-refractivity contribution in [3.8, 4) is 5.75 Å². The van der Waals surface area contributed by atoms with E-state index < -0.39 is 0 Å². The van der Waals surface area contributed by atoms with Crippen LogP contribution in [-0.4, -0.2) is 12.1 Å². The zero-order chi connectivity index (χ0) is 13.0. The third-order valence-corrected chi connectivity index (χ3v) is 3.58.